The van der Waals surface area contributed by atoms with Gasteiger partial charge in [0.1, 0.15) is 0 Å². The van der Waals surface area contributed by atoms with Gasteiger partial charge in [0, 0.05) is 102 Å². The average molecular weight is 616 g/mol. The van der Waals surface area contributed by atoms with Gasteiger partial charge in [-0.2, -0.15) is 0 Å². The number of rotatable bonds is 21. The van der Waals surface area contributed by atoms with Gasteiger partial charge in [0.25, 0.3) is 0 Å². The summed E-state index contributed by atoms with van der Waals surface area (Å²) in [6, 6.07) is 1.34. The Morgan fingerprint density at radius 1 is 0.590 bits per heavy atom. The number of nitrogens with zero attached hydrogens (tertiary/aromatic N) is 3. The van der Waals surface area contributed by atoms with E-state index < -0.39 is 37.9 Å². The highest BCUT2D eigenvalue weighted by atomic mass is 28.4. The molecular weight excluding hydrogens is 570 g/mol. The van der Waals surface area contributed by atoms with E-state index in [0.29, 0.717) is 37.4 Å². The summed E-state index contributed by atoms with van der Waals surface area (Å²) in [6.45, 7) is 0.544. The Morgan fingerprint density at radius 2 is 0.949 bits per heavy atom. The van der Waals surface area contributed by atoms with Gasteiger partial charge < -0.3 is 44.3 Å². The standard InChI is InChI=1S/C21H45N3O12Si3/c1-27-37(28-2,29-3)16-10-13-22-19-23(14-11-17-38(30-4,31-5)32-6)20(25)24(21(26)36-19)15-12-18-39(33-7,34-8)35-9/h10-18H2,1-9H3. The Labute approximate surface area is 232 Å². The molecule has 0 unspecified atom stereocenters. The van der Waals surface area contributed by atoms with Crippen LogP contribution in [0.25, 0.3) is 0 Å². The molecule has 0 bridgehead atoms. The summed E-state index contributed by atoms with van der Waals surface area (Å²) in [5.74, 6) is -0.807. The Bertz CT molecular complexity index is 995. The van der Waals surface area contributed by atoms with E-state index in [9.17, 15) is 9.59 Å². The fourth-order valence-electron chi connectivity index (χ4n) is 4.04. The van der Waals surface area contributed by atoms with E-state index in [1.54, 1.807) is 0 Å². The van der Waals surface area contributed by atoms with E-state index in [1.807, 2.05) is 0 Å². The highest BCUT2D eigenvalue weighted by Crippen LogP contribution is 2.17. The minimum Gasteiger partial charge on any atom is -0.377 e. The van der Waals surface area contributed by atoms with E-state index in [2.05, 4.69) is 4.99 Å². The average Bonchev–Trinajstić information content (AvgIpc) is 2.97. The summed E-state index contributed by atoms with van der Waals surface area (Å²) in [5.41, 5.74) is -0.617. The van der Waals surface area contributed by atoms with Crippen LogP contribution in [0.1, 0.15) is 19.3 Å². The van der Waals surface area contributed by atoms with Crippen LogP contribution in [0, 0.1) is 0 Å². The van der Waals surface area contributed by atoms with Gasteiger partial charge in [0.15, 0.2) is 0 Å². The van der Waals surface area contributed by atoms with Crippen LogP contribution in [-0.4, -0.2) is 106 Å². The summed E-state index contributed by atoms with van der Waals surface area (Å²) in [4.78, 5) is 30.7. The molecule has 18 heteroatoms. The van der Waals surface area contributed by atoms with E-state index >= 15 is 0 Å². The zero-order valence-electron chi connectivity index (χ0n) is 24.6. The molecule has 228 valence electrons. The van der Waals surface area contributed by atoms with Crippen molar-refractivity contribution in [2.75, 3.05) is 70.5 Å². The lowest BCUT2D eigenvalue weighted by Gasteiger charge is -2.24. The Balaban J connectivity index is 3.28. The second kappa shape index (κ2) is 17.5. The van der Waals surface area contributed by atoms with E-state index in [-0.39, 0.29) is 25.3 Å². The van der Waals surface area contributed by atoms with Crippen LogP contribution in [0.4, 0.5) is 0 Å². The molecule has 0 atom stereocenters. The fraction of sp³-hybridized carbons (Fsp3) is 0.857. The topological polar surface area (TPSA) is 153 Å². The molecule has 15 nitrogen and oxygen atoms in total. The third kappa shape index (κ3) is 9.64. The van der Waals surface area contributed by atoms with E-state index in [4.69, 9.17) is 44.3 Å². The number of aromatic nitrogens is 2. The maximum absolute atomic E-state index is 13.5. The third-order valence-electron chi connectivity index (χ3n) is 6.51. The minimum atomic E-state index is -2.87. The Kier molecular flexibility index (Phi) is 16.0. The van der Waals surface area contributed by atoms with Crippen LogP contribution in [0.3, 0.4) is 0 Å². The van der Waals surface area contributed by atoms with Crippen LogP contribution >= 0.6 is 0 Å². The zero-order chi connectivity index (χ0) is 29.5. The van der Waals surface area contributed by atoms with Gasteiger partial charge in [-0.1, -0.05) is 0 Å². The first kappa shape index (κ1) is 35.7. The molecule has 0 aliphatic carbocycles. The first-order chi connectivity index (χ1) is 18.6. The van der Waals surface area contributed by atoms with Gasteiger partial charge in [-0.05, 0) is 19.3 Å². The van der Waals surface area contributed by atoms with Crippen LogP contribution in [0.15, 0.2) is 19.0 Å². The van der Waals surface area contributed by atoms with Crippen molar-refractivity contribution in [1.82, 2.24) is 9.13 Å². The third-order valence-corrected chi connectivity index (χ3v) is 15.0. The summed E-state index contributed by atoms with van der Waals surface area (Å²) in [7, 11) is 5.16. The summed E-state index contributed by atoms with van der Waals surface area (Å²) < 4.78 is 56.9. The predicted octanol–water partition coefficient (Wildman–Crippen LogP) is 0.308. The molecule has 1 heterocycles. The smallest absolute Gasteiger partial charge is 0.377 e. The van der Waals surface area contributed by atoms with E-state index in [0.717, 1.165) is 4.57 Å². The van der Waals surface area contributed by atoms with Crippen molar-refractivity contribution in [3.63, 3.8) is 0 Å². The molecule has 0 saturated heterocycles. The normalized spacial score (nSPS) is 13.4. The molecule has 1 aromatic heterocycles. The molecular formula is C21H45N3O12Si3. The molecule has 0 aromatic carbocycles. The second-order valence-corrected chi connectivity index (χ2v) is 17.6. The van der Waals surface area contributed by atoms with Crippen molar-refractivity contribution in [3.05, 3.63) is 26.7 Å². The maximum atomic E-state index is 13.5. The Morgan fingerprint density at radius 3 is 1.33 bits per heavy atom. The lowest BCUT2D eigenvalue weighted by molar-refractivity contribution is 0.122. The molecule has 0 N–H and O–H groups in total. The quantitative estimate of drug-likeness (QED) is 0.138. The fourth-order valence-corrected chi connectivity index (χ4v) is 9.15. The van der Waals surface area contributed by atoms with Gasteiger partial charge in [0.2, 0.25) is 0 Å². The number of hydrogen-bond donors (Lipinski definition) is 0. The molecule has 39 heavy (non-hydrogen) atoms. The SMILES string of the molecule is CO[Si](CCCN=c1oc(=O)n(CCC[Si](OC)(OC)OC)c(=O)n1CCC[Si](OC)(OC)OC)(OC)OC. The van der Waals surface area contributed by atoms with Crippen molar-refractivity contribution in [2.45, 2.75) is 50.5 Å². The first-order valence-corrected chi connectivity index (χ1v) is 18.3. The molecule has 0 saturated carbocycles. The monoisotopic (exact) mass is 615 g/mol. The Hall–Kier alpha value is -1.30. The van der Waals surface area contributed by atoms with Crippen molar-refractivity contribution in [2.24, 2.45) is 4.99 Å². The van der Waals surface area contributed by atoms with Gasteiger partial charge in [-0.15, -0.1) is 0 Å². The largest absolute Gasteiger partial charge is 0.500 e. The van der Waals surface area contributed by atoms with Crippen molar-refractivity contribution in [1.29, 1.82) is 0 Å². The molecule has 0 fully saturated rings. The molecule has 0 aliphatic heterocycles. The summed E-state index contributed by atoms with van der Waals surface area (Å²) in [5, 5.41) is 0. The number of hydrogen-bond acceptors (Lipinski definition) is 13. The van der Waals surface area contributed by atoms with Crippen molar-refractivity contribution in [3.8, 4) is 0 Å². The summed E-state index contributed by atoms with van der Waals surface area (Å²) in [6.07, 6.45) is 1.38. The molecule has 0 spiro atoms. The van der Waals surface area contributed by atoms with Gasteiger partial charge in [-0.25, -0.2) is 23.7 Å². The molecule has 0 radical (unpaired) electrons. The summed E-state index contributed by atoms with van der Waals surface area (Å²) >= 11 is 0. The van der Waals surface area contributed by atoms with Crippen LogP contribution in [0.5, 0.6) is 0 Å². The maximum Gasteiger partial charge on any atom is 0.500 e. The van der Waals surface area contributed by atoms with Gasteiger partial charge in [0.05, 0.1) is 0 Å². The van der Waals surface area contributed by atoms with Crippen molar-refractivity contribution < 1.29 is 44.3 Å². The van der Waals surface area contributed by atoms with Gasteiger partial charge in [-0.3, -0.25) is 0 Å². The second-order valence-electron chi connectivity index (χ2n) is 8.31. The zero-order valence-corrected chi connectivity index (χ0v) is 27.6. The lowest BCUT2D eigenvalue weighted by Crippen LogP contribution is -2.48. The molecule has 0 aliphatic rings. The van der Waals surface area contributed by atoms with Crippen molar-refractivity contribution >= 4 is 26.4 Å². The molecule has 0 amide bonds. The van der Waals surface area contributed by atoms with E-state index in [1.165, 1.54) is 68.6 Å². The predicted molar refractivity (Wildman–Crippen MR) is 146 cm³/mol. The highest BCUT2D eigenvalue weighted by Gasteiger charge is 2.38. The molecule has 1 aromatic rings. The van der Waals surface area contributed by atoms with Crippen LogP contribution in [-0.2, 0) is 52.9 Å². The van der Waals surface area contributed by atoms with Crippen LogP contribution < -0.4 is 17.1 Å². The first-order valence-electron chi connectivity index (χ1n) is 12.5. The lowest BCUT2D eigenvalue weighted by atomic mass is 10.4. The van der Waals surface area contributed by atoms with Crippen LogP contribution in [0.2, 0.25) is 18.1 Å². The minimum absolute atomic E-state index is 0.0744. The molecule has 1 rings (SSSR count). The van der Waals surface area contributed by atoms with Gasteiger partial charge >= 0.3 is 43.5 Å². The highest BCUT2D eigenvalue weighted by molar-refractivity contribution is 6.61.